The zero-order valence-electron chi connectivity index (χ0n) is 10.9. The van der Waals surface area contributed by atoms with Crippen LogP contribution in [0.4, 0.5) is 0 Å². The Morgan fingerprint density at radius 2 is 2.05 bits per heavy atom. The number of hydrogen-bond acceptors (Lipinski definition) is 3. The van der Waals surface area contributed by atoms with Gasteiger partial charge in [0.05, 0.1) is 11.5 Å². The van der Waals surface area contributed by atoms with Gasteiger partial charge in [0.1, 0.15) is 0 Å². The molecule has 1 N–H and O–H groups in total. The minimum Gasteiger partial charge on any atom is -0.395 e. The molecule has 104 valence electrons. The fourth-order valence-corrected chi connectivity index (χ4v) is 3.88. The highest BCUT2D eigenvalue weighted by Crippen LogP contribution is 2.26. The van der Waals surface area contributed by atoms with Crippen LogP contribution < -0.4 is 0 Å². The van der Waals surface area contributed by atoms with Crippen LogP contribution in [0.3, 0.4) is 0 Å². The molecule has 0 saturated heterocycles. The molecule has 0 bridgehead atoms. The summed E-state index contributed by atoms with van der Waals surface area (Å²) in [4.78, 5) is 0.309. The molecule has 0 aliphatic heterocycles. The fourth-order valence-electron chi connectivity index (χ4n) is 2.42. The third-order valence-electron chi connectivity index (χ3n) is 3.39. The third-order valence-corrected chi connectivity index (χ3v) is 5.25. The summed E-state index contributed by atoms with van der Waals surface area (Å²) in [5.41, 5.74) is 2.38. The molecule has 19 heavy (non-hydrogen) atoms. The summed E-state index contributed by atoms with van der Waals surface area (Å²) in [6.07, 6.45) is 4.59. The van der Waals surface area contributed by atoms with Crippen molar-refractivity contribution in [2.45, 2.75) is 24.2 Å². The summed E-state index contributed by atoms with van der Waals surface area (Å²) < 4.78 is 26.2. The molecule has 0 amide bonds. The van der Waals surface area contributed by atoms with Crippen molar-refractivity contribution < 1.29 is 13.5 Å². The molecule has 1 aromatic carbocycles. The predicted molar refractivity (Wildman–Crippen MR) is 74.5 cm³/mol. The lowest BCUT2D eigenvalue weighted by molar-refractivity contribution is 0.260. The first-order valence-corrected chi connectivity index (χ1v) is 7.87. The summed E-state index contributed by atoms with van der Waals surface area (Å²) in [5, 5.41) is 8.99. The molecular weight excluding hydrogens is 262 g/mol. The number of sulfonamides is 1. The maximum Gasteiger partial charge on any atom is 0.243 e. The van der Waals surface area contributed by atoms with Crippen molar-refractivity contribution in [1.82, 2.24) is 4.31 Å². The normalized spacial score (nSPS) is 14.6. The second kappa shape index (κ2) is 5.86. The van der Waals surface area contributed by atoms with Crippen molar-refractivity contribution in [3.8, 4) is 0 Å². The molecular formula is C14H19NO3S. The fraction of sp³-hybridized carbons (Fsp3) is 0.429. The Morgan fingerprint density at radius 3 is 2.74 bits per heavy atom. The van der Waals surface area contributed by atoms with Gasteiger partial charge in [-0.25, -0.2) is 8.42 Å². The summed E-state index contributed by atoms with van der Waals surface area (Å²) in [5.74, 6) is 0. The molecule has 0 saturated carbocycles. The Balaban J connectivity index is 2.34. The van der Waals surface area contributed by atoms with E-state index in [1.165, 1.54) is 15.9 Å². The van der Waals surface area contributed by atoms with Gasteiger partial charge in [-0.05, 0) is 42.5 Å². The van der Waals surface area contributed by atoms with Gasteiger partial charge < -0.3 is 5.11 Å². The van der Waals surface area contributed by atoms with Crippen LogP contribution in [0.5, 0.6) is 0 Å². The van der Waals surface area contributed by atoms with E-state index < -0.39 is 10.0 Å². The SMILES string of the molecule is C=CCN(CCO)S(=O)(=O)c1ccc2c(c1)CCC2. The van der Waals surface area contributed by atoms with Crippen LogP contribution >= 0.6 is 0 Å². The Morgan fingerprint density at radius 1 is 1.32 bits per heavy atom. The van der Waals surface area contributed by atoms with Gasteiger partial charge in [0.25, 0.3) is 0 Å². The molecule has 0 unspecified atom stereocenters. The summed E-state index contributed by atoms with van der Waals surface area (Å²) in [6, 6.07) is 5.33. The summed E-state index contributed by atoms with van der Waals surface area (Å²) in [7, 11) is -3.54. The number of hydrogen-bond donors (Lipinski definition) is 1. The Labute approximate surface area is 114 Å². The number of aliphatic hydroxyl groups excluding tert-OH is 1. The molecule has 1 aromatic rings. The van der Waals surface area contributed by atoms with Crippen LogP contribution in [0.15, 0.2) is 35.7 Å². The van der Waals surface area contributed by atoms with E-state index in [1.54, 1.807) is 12.1 Å². The van der Waals surface area contributed by atoms with E-state index in [1.807, 2.05) is 6.07 Å². The smallest absolute Gasteiger partial charge is 0.243 e. The zero-order valence-corrected chi connectivity index (χ0v) is 11.7. The molecule has 0 heterocycles. The van der Waals surface area contributed by atoms with Crippen LogP contribution in [-0.2, 0) is 22.9 Å². The second-order valence-corrected chi connectivity index (χ2v) is 6.60. The summed E-state index contributed by atoms with van der Waals surface area (Å²) >= 11 is 0. The molecule has 0 spiro atoms. The molecule has 2 rings (SSSR count). The van der Waals surface area contributed by atoms with E-state index in [2.05, 4.69) is 6.58 Å². The minimum absolute atomic E-state index is 0.0887. The molecule has 0 atom stereocenters. The highest BCUT2D eigenvalue weighted by Gasteiger charge is 2.24. The van der Waals surface area contributed by atoms with E-state index >= 15 is 0 Å². The van der Waals surface area contributed by atoms with Gasteiger partial charge in [0.15, 0.2) is 0 Å². The van der Waals surface area contributed by atoms with Gasteiger partial charge in [-0.15, -0.1) is 6.58 Å². The van der Waals surface area contributed by atoms with Gasteiger partial charge in [-0.1, -0.05) is 12.1 Å². The first-order valence-electron chi connectivity index (χ1n) is 6.43. The molecule has 1 aliphatic rings. The van der Waals surface area contributed by atoms with Gasteiger partial charge in [-0.3, -0.25) is 0 Å². The number of aliphatic hydroxyl groups is 1. The van der Waals surface area contributed by atoms with Crippen LogP contribution in [0.2, 0.25) is 0 Å². The zero-order chi connectivity index (χ0) is 13.9. The first kappa shape index (κ1) is 14.2. The van der Waals surface area contributed by atoms with E-state index in [0.29, 0.717) is 4.90 Å². The third kappa shape index (κ3) is 2.88. The van der Waals surface area contributed by atoms with Crippen LogP contribution in [0, 0.1) is 0 Å². The molecule has 1 aliphatic carbocycles. The highest BCUT2D eigenvalue weighted by molar-refractivity contribution is 7.89. The standard InChI is InChI=1S/C14H19NO3S/c1-2-8-15(9-10-16)19(17,18)14-7-6-12-4-3-5-13(12)11-14/h2,6-7,11,16H,1,3-5,8-10H2. The van der Waals surface area contributed by atoms with Gasteiger partial charge in [0, 0.05) is 13.1 Å². The quantitative estimate of drug-likeness (QED) is 0.801. The lowest BCUT2D eigenvalue weighted by Gasteiger charge is -2.20. The van der Waals surface area contributed by atoms with Crippen molar-refractivity contribution in [2.24, 2.45) is 0 Å². The van der Waals surface area contributed by atoms with Crippen molar-refractivity contribution in [1.29, 1.82) is 0 Å². The Kier molecular flexibility index (Phi) is 4.39. The van der Waals surface area contributed by atoms with E-state index in [0.717, 1.165) is 24.8 Å². The van der Waals surface area contributed by atoms with Crippen molar-refractivity contribution in [2.75, 3.05) is 19.7 Å². The monoisotopic (exact) mass is 281 g/mol. The average molecular weight is 281 g/mol. The number of benzene rings is 1. The molecule has 0 radical (unpaired) electrons. The molecule has 4 nitrogen and oxygen atoms in total. The van der Waals surface area contributed by atoms with Gasteiger partial charge in [-0.2, -0.15) is 4.31 Å². The van der Waals surface area contributed by atoms with Crippen molar-refractivity contribution >= 4 is 10.0 Å². The lowest BCUT2D eigenvalue weighted by Crippen LogP contribution is -2.33. The maximum atomic E-state index is 12.5. The van der Waals surface area contributed by atoms with Crippen LogP contribution in [0.25, 0.3) is 0 Å². The van der Waals surface area contributed by atoms with Crippen LogP contribution in [-0.4, -0.2) is 37.5 Å². The number of rotatable bonds is 6. The molecule has 0 fully saturated rings. The summed E-state index contributed by atoms with van der Waals surface area (Å²) in [6.45, 7) is 3.66. The van der Waals surface area contributed by atoms with E-state index in [9.17, 15) is 8.42 Å². The van der Waals surface area contributed by atoms with Crippen LogP contribution in [0.1, 0.15) is 17.5 Å². The Bertz CT molecular complexity index is 566. The topological polar surface area (TPSA) is 57.6 Å². The average Bonchev–Trinajstić information content (AvgIpc) is 2.85. The van der Waals surface area contributed by atoms with E-state index in [-0.39, 0.29) is 19.7 Å². The van der Waals surface area contributed by atoms with Gasteiger partial charge >= 0.3 is 0 Å². The highest BCUT2D eigenvalue weighted by atomic mass is 32.2. The predicted octanol–water partition coefficient (Wildman–Crippen LogP) is 1.34. The van der Waals surface area contributed by atoms with Crippen molar-refractivity contribution in [3.63, 3.8) is 0 Å². The maximum absolute atomic E-state index is 12.5. The largest absolute Gasteiger partial charge is 0.395 e. The Hall–Kier alpha value is -1.17. The first-order chi connectivity index (χ1) is 9.09. The van der Waals surface area contributed by atoms with Crippen molar-refractivity contribution in [3.05, 3.63) is 42.0 Å². The van der Waals surface area contributed by atoms with Gasteiger partial charge in [0.2, 0.25) is 10.0 Å². The minimum atomic E-state index is -3.54. The second-order valence-electron chi connectivity index (χ2n) is 4.66. The number of nitrogens with zero attached hydrogens (tertiary/aromatic N) is 1. The number of aryl methyl sites for hydroxylation is 2. The van der Waals surface area contributed by atoms with E-state index in [4.69, 9.17) is 5.11 Å². The molecule has 0 aromatic heterocycles. The lowest BCUT2D eigenvalue weighted by atomic mass is 10.1. The number of fused-ring (bicyclic) bond motifs is 1. The molecule has 5 heteroatoms.